The van der Waals surface area contributed by atoms with Gasteiger partial charge in [0.25, 0.3) is 0 Å². The Morgan fingerprint density at radius 1 is 0.846 bits per heavy atom. The smallest absolute Gasteiger partial charge is 0.113 e. The molecule has 0 unspecified atom stereocenters. The molecule has 0 aliphatic heterocycles. The fourth-order valence-electron chi connectivity index (χ4n) is 3.09. The van der Waals surface area contributed by atoms with Gasteiger partial charge in [-0.3, -0.25) is 0 Å². The standard InChI is InChI=1S/C20H35N5O/c1-2-3-4-5-6-7-16-26-17-8-10-21-11-9-20(24-14-12-22-18-24)25-15-13-23-19-25/h12-15,18-21H,2-11,16-17H2,1H3. The van der Waals surface area contributed by atoms with Gasteiger partial charge in [-0.1, -0.05) is 39.0 Å². The summed E-state index contributed by atoms with van der Waals surface area (Å²) >= 11 is 0. The van der Waals surface area contributed by atoms with Crippen LogP contribution in [0.25, 0.3) is 0 Å². The van der Waals surface area contributed by atoms with Crippen LogP contribution in [0.2, 0.25) is 0 Å². The second kappa shape index (κ2) is 13.5. The molecule has 6 nitrogen and oxygen atoms in total. The summed E-state index contributed by atoms with van der Waals surface area (Å²) in [5.74, 6) is 0. The van der Waals surface area contributed by atoms with Crippen LogP contribution in [-0.4, -0.2) is 45.4 Å². The molecule has 0 spiro atoms. The first-order chi connectivity index (χ1) is 12.9. The van der Waals surface area contributed by atoms with Crippen molar-refractivity contribution >= 4 is 0 Å². The highest BCUT2D eigenvalue weighted by Crippen LogP contribution is 2.13. The Morgan fingerprint density at radius 2 is 1.50 bits per heavy atom. The minimum Gasteiger partial charge on any atom is -0.381 e. The van der Waals surface area contributed by atoms with Crippen LogP contribution in [0.3, 0.4) is 0 Å². The maximum absolute atomic E-state index is 5.72. The van der Waals surface area contributed by atoms with Crippen molar-refractivity contribution in [1.29, 1.82) is 0 Å². The predicted octanol–water partition coefficient (Wildman–Crippen LogP) is 3.87. The maximum atomic E-state index is 5.72. The molecule has 2 aromatic heterocycles. The molecule has 0 radical (unpaired) electrons. The van der Waals surface area contributed by atoms with Crippen molar-refractivity contribution in [3.05, 3.63) is 37.4 Å². The minimum atomic E-state index is 0.219. The average Bonchev–Trinajstić information content (AvgIpc) is 3.36. The first-order valence-corrected chi connectivity index (χ1v) is 10.1. The molecule has 0 aliphatic carbocycles. The SMILES string of the molecule is CCCCCCCCOCCCNCCC(n1ccnc1)n1ccnc1. The summed E-state index contributed by atoms with van der Waals surface area (Å²) in [7, 11) is 0. The summed E-state index contributed by atoms with van der Waals surface area (Å²) in [5, 5.41) is 3.52. The van der Waals surface area contributed by atoms with Crippen molar-refractivity contribution in [2.75, 3.05) is 26.3 Å². The molecule has 0 saturated heterocycles. The van der Waals surface area contributed by atoms with Crippen LogP contribution in [0.4, 0.5) is 0 Å². The molecule has 0 atom stereocenters. The van der Waals surface area contributed by atoms with Crippen LogP contribution in [0.5, 0.6) is 0 Å². The van der Waals surface area contributed by atoms with Crippen LogP contribution < -0.4 is 5.32 Å². The van der Waals surface area contributed by atoms with Gasteiger partial charge >= 0.3 is 0 Å². The largest absolute Gasteiger partial charge is 0.381 e. The molecule has 2 rings (SSSR count). The second-order valence-electron chi connectivity index (χ2n) is 6.77. The number of nitrogens with one attached hydrogen (secondary N) is 1. The summed E-state index contributed by atoms with van der Waals surface area (Å²) in [6, 6.07) is 0. The molecule has 0 saturated carbocycles. The third kappa shape index (κ3) is 8.15. The lowest BCUT2D eigenvalue weighted by Gasteiger charge is -2.20. The lowest BCUT2D eigenvalue weighted by atomic mass is 10.1. The van der Waals surface area contributed by atoms with Crippen molar-refractivity contribution < 1.29 is 4.74 Å². The number of imidazole rings is 2. The van der Waals surface area contributed by atoms with E-state index >= 15 is 0 Å². The summed E-state index contributed by atoms with van der Waals surface area (Å²) < 4.78 is 9.96. The van der Waals surface area contributed by atoms with E-state index in [-0.39, 0.29) is 6.17 Å². The Bertz CT molecular complexity index is 492. The molecule has 26 heavy (non-hydrogen) atoms. The van der Waals surface area contributed by atoms with Gasteiger partial charge in [0, 0.05) is 38.0 Å². The average molecular weight is 362 g/mol. The molecule has 2 heterocycles. The molecule has 0 amide bonds. The number of aromatic nitrogens is 4. The Labute approximate surface area is 158 Å². The number of nitrogens with zero attached hydrogens (tertiary/aromatic N) is 4. The number of hydrogen-bond donors (Lipinski definition) is 1. The minimum absolute atomic E-state index is 0.219. The van der Waals surface area contributed by atoms with Crippen molar-refractivity contribution in [2.45, 2.75) is 64.5 Å². The summed E-state index contributed by atoms with van der Waals surface area (Å²) in [5.41, 5.74) is 0. The summed E-state index contributed by atoms with van der Waals surface area (Å²) in [4.78, 5) is 8.32. The number of ether oxygens (including phenoxy) is 1. The highest BCUT2D eigenvalue weighted by atomic mass is 16.5. The summed E-state index contributed by atoms with van der Waals surface area (Å²) in [6.07, 6.45) is 21.6. The van der Waals surface area contributed by atoms with Gasteiger partial charge in [0.1, 0.15) is 6.17 Å². The van der Waals surface area contributed by atoms with Gasteiger partial charge in [0.05, 0.1) is 12.7 Å². The van der Waals surface area contributed by atoms with Crippen molar-refractivity contribution in [1.82, 2.24) is 24.4 Å². The van der Waals surface area contributed by atoms with E-state index in [2.05, 4.69) is 31.3 Å². The molecule has 0 bridgehead atoms. The first kappa shape index (κ1) is 20.6. The zero-order chi connectivity index (χ0) is 18.3. The van der Waals surface area contributed by atoms with E-state index < -0.39 is 0 Å². The normalized spacial score (nSPS) is 11.5. The molecule has 1 N–H and O–H groups in total. The Balaban J connectivity index is 1.47. The fourth-order valence-corrected chi connectivity index (χ4v) is 3.09. The van der Waals surface area contributed by atoms with Crippen molar-refractivity contribution in [2.24, 2.45) is 0 Å². The van der Waals surface area contributed by atoms with Crippen LogP contribution >= 0.6 is 0 Å². The van der Waals surface area contributed by atoms with E-state index in [9.17, 15) is 0 Å². The van der Waals surface area contributed by atoms with Crippen LogP contribution in [0.1, 0.15) is 64.5 Å². The molecular formula is C20H35N5O. The van der Waals surface area contributed by atoms with E-state index in [0.29, 0.717) is 0 Å². The number of rotatable bonds is 16. The molecule has 2 aromatic rings. The zero-order valence-electron chi connectivity index (χ0n) is 16.2. The molecule has 6 heteroatoms. The van der Waals surface area contributed by atoms with Gasteiger partial charge in [-0.2, -0.15) is 0 Å². The quantitative estimate of drug-likeness (QED) is 0.461. The maximum Gasteiger partial charge on any atom is 0.113 e. The lowest BCUT2D eigenvalue weighted by molar-refractivity contribution is 0.127. The van der Waals surface area contributed by atoms with E-state index in [1.807, 2.05) is 37.4 Å². The first-order valence-electron chi connectivity index (χ1n) is 10.1. The third-order valence-electron chi connectivity index (χ3n) is 4.60. The predicted molar refractivity (Wildman–Crippen MR) is 105 cm³/mol. The van der Waals surface area contributed by atoms with E-state index in [1.165, 1.54) is 38.5 Å². The van der Waals surface area contributed by atoms with Gasteiger partial charge in [0.2, 0.25) is 0 Å². The van der Waals surface area contributed by atoms with Crippen molar-refractivity contribution in [3.8, 4) is 0 Å². The van der Waals surface area contributed by atoms with Gasteiger partial charge in [-0.25, -0.2) is 9.97 Å². The van der Waals surface area contributed by atoms with Gasteiger partial charge in [-0.05, 0) is 32.4 Å². The summed E-state index contributed by atoms with van der Waals surface area (Å²) in [6.45, 7) is 5.98. The molecule has 0 aliphatic rings. The Morgan fingerprint density at radius 3 is 2.15 bits per heavy atom. The topological polar surface area (TPSA) is 56.9 Å². The third-order valence-corrected chi connectivity index (χ3v) is 4.60. The van der Waals surface area contributed by atoms with Crippen LogP contribution in [0, 0.1) is 0 Å². The highest BCUT2D eigenvalue weighted by Gasteiger charge is 2.11. The molecule has 0 fully saturated rings. The molecule has 146 valence electrons. The van der Waals surface area contributed by atoms with Gasteiger partial charge < -0.3 is 19.2 Å². The van der Waals surface area contributed by atoms with Gasteiger partial charge in [-0.15, -0.1) is 0 Å². The zero-order valence-corrected chi connectivity index (χ0v) is 16.2. The van der Waals surface area contributed by atoms with Crippen molar-refractivity contribution in [3.63, 3.8) is 0 Å². The van der Waals surface area contributed by atoms with Crippen LogP contribution in [-0.2, 0) is 4.74 Å². The number of unbranched alkanes of at least 4 members (excludes halogenated alkanes) is 5. The fraction of sp³-hybridized carbons (Fsp3) is 0.700. The van der Waals surface area contributed by atoms with E-state index in [0.717, 1.165) is 39.1 Å². The van der Waals surface area contributed by atoms with Gasteiger partial charge in [0.15, 0.2) is 0 Å². The molecule has 0 aromatic carbocycles. The lowest BCUT2D eigenvalue weighted by Crippen LogP contribution is -2.24. The Hall–Kier alpha value is -1.66. The monoisotopic (exact) mass is 361 g/mol. The molecular weight excluding hydrogens is 326 g/mol. The number of hydrogen-bond acceptors (Lipinski definition) is 4. The second-order valence-corrected chi connectivity index (χ2v) is 6.77. The van der Waals surface area contributed by atoms with Crippen LogP contribution in [0.15, 0.2) is 37.4 Å². The Kier molecular flexibility index (Phi) is 10.7. The van der Waals surface area contributed by atoms with E-state index in [1.54, 1.807) is 0 Å². The highest BCUT2D eigenvalue weighted by molar-refractivity contribution is 4.86. The van der Waals surface area contributed by atoms with E-state index in [4.69, 9.17) is 4.74 Å².